The number of carboxylic acid groups (broad SMARTS) is 1. The highest BCUT2D eigenvalue weighted by molar-refractivity contribution is 9.10. The summed E-state index contributed by atoms with van der Waals surface area (Å²) in [5.74, 6) is -0.253. The number of carbonyl (C=O) groups is 1. The molecule has 4 nitrogen and oxygen atoms in total. The van der Waals surface area contributed by atoms with E-state index < -0.39 is 5.97 Å². The number of carboxylic acids is 1. The van der Waals surface area contributed by atoms with Crippen LogP contribution in [0.15, 0.2) is 65.1 Å². The first-order chi connectivity index (χ1) is 13.4. The van der Waals surface area contributed by atoms with Crippen molar-refractivity contribution in [1.82, 2.24) is 0 Å². The third-order valence-electron chi connectivity index (χ3n) is 4.00. The molecule has 0 amide bonds. The van der Waals surface area contributed by atoms with Gasteiger partial charge in [0.2, 0.25) is 0 Å². The highest BCUT2D eigenvalue weighted by Gasteiger charge is 2.07. The number of ether oxygens (including phenoxy) is 1. The van der Waals surface area contributed by atoms with E-state index in [1.807, 2.05) is 30.3 Å². The Morgan fingerprint density at radius 2 is 1.89 bits per heavy atom. The minimum atomic E-state index is -0.950. The first kappa shape index (κ1) is 20.5. The maximum Gasteiger partial charge on any atom is 0.335 e. The van der Waals surface area contributed by atoms with Crippen molar-refractivity contribution in [2.75, 3.05) is 5.32 Å². The van der Waals surface area contributed by atoms with Crippen molar-refractivity contribution in [2.45, 2.75) is 13.2 Å². The van der Waals surface area contributed by atoms with Gasteiger partial charge in [-0.15, -0.1) is 0 Å². The highest BCUT2D eigenvalue weighted by atomic mass is 79.9. The number of benzene rings is 3. The fourth-order valence-corrected chi connectivity index (χ4v) is 3.54. The molecule has 144 valence electrons. The lowest BCUT2D eigenvalue weighted by molar-refractivity contribution is 0.0697. The van der Waals surface area contributed by atoms with Crippen LogP contribution in [0.1, 0.15) is 21.5 Å². The summed E-state index contributed by atoms with van der Waals surface area (Å²) in [6, 6.07) is 17.8. The van der Waals surface area contributed by atoms with Crippen molar-refractivity contribution in [3.63, 3.8) is 0 Å². The van der Waals surface area contributed by atoms with Crippen molar-refractivity contribution < 1.29 is 14.6 Å². The lowest BCUT2D eigenvalue weighted by atomic mass is 10.2. The summed E-state index contributed by atoms with van der Waals surface area (Å²) in [7, 11) is 0. The molecule has 3 aromatic carbocycles. The molecule has 0 aliphatic heterocycles. The minimum Gasteiger partial charge on any atom is -0.488 e. The SMILES string of the molecule is O=C(O)c1cccc(NCc2ccc(OCc3ccc(Cl)cc3Cl)c(Br)c2)c1. The van der Waals surface area contributed by atoms with E-state index >= 15 is 0 Å². The molecular formula is C21H16BrCl2NO3. The normalized spacial score (nSPS) is 10.5. The fraction of sp³-hybridized carbons (Fsp3) is 0.0952. The second-order valence-corrected chi connectivity index (χ2v) is 7.73. The smallest absolute Gasteiger partial charge is 0.335 e. The predicted octanol–water partition coefficient (Wildman–Crippen LogP) is 6.65. The van der Waals surface area contributed by atoms with Crippen LogP contribution in [0, 0.1) is 0 Å². The summed E-state index contributed by atoms with van der Waals surface area (Å²) in [5.41, 5.74) is 2.86. The van der Waals surface area contributed by atoms with Gasteiger partial charge in [0.1, 0.15) is 12.4 Å². The van der Waals surface area contributed by atoms with E-state index in [4.69, 9.17) is 33.0 Å². The first-order valence-corrected chi connectivity index (χ1v) is 9.89. The molecule has 0 aromatic heterocycles. The molecule has 0 atom stereocenters. The largest absolute Gasteiger partial charge is 0.488 e. The molecule has 0 aliphatic carbocycles. The van der Waals surface area contributed by atoms with E-state index in [9.17, 15) is 4.79 Å². The van der Waals surface area contributed by atoms with Crippen molar-refractivity contribution in [3.05, 3.63) is 91.9 Å². The maximum absolute atomic E-state index is 11.0. The molecule has 0 saturated heterocycles. The number of aromatic carboxylic acids is 1. The Hall–Kier alpha value is -2.21. The maximum atomic E-state index is 11.0. The van der Waals surface area contributed by atoms with Gasteiger partial charge in [-0.25, -0.2) is 4.79 Å². The Morgan fingerprint density at radius 3 is 2.61 bits per heavy atom. The van der Waals surface area contributed by atoms with E-state index in [1.54, 1.807) is 30.3 Å². The average molecular weight is 481 g/mol. The number of hydrogen-bond acceptors (Lipinski definition) is 3. The van der Waals surface area contributed by atoms with Crippen LogP contribution < -0.4 is 10.1 Å². The Morgan fingerprint density at radius 1 is 1.07 bits per heavy atom. The third kappa shape index (κ3) is 5.41. The van der Waals surface area contributed by atoms with E-state index in [0.29, 0.717) is 28.9 Å². The quantitative estimate of drug-likeness (QED) is 0.397. The van der Waals surface area contributed by atoms with E-state index in [2.05, 4.69) is 21.2 Å². The summed E-state index contributed by atoms with van der Waals surface area (Å²) in [4.78, 5) is 11.0. The predicted molar refractivity (Wildman–Crippen MR) is 116 cm³/mol. The lowest BCUT2D eigenvalue weighted by Crippen LogP contribution is -2.02. The van der Waals surface area contributed by atoms with Crippen LogP contribution in [0.4, 0.5) is 5.69 Å². The average Bonchev–Trinajstić information content (AvgIpc) is 2.67. The molecule has 0 fully saturated rings. The monoisotopic (exact) mass is 479 g/mol. The standard InChI is InChI=1S/C21H16BrCl2NO3/c22-18-8-13(11-25-17-3-1-2-14(9-17)21(26)27)4-7-20(18)28-12-15-5-6-16(23)10-19(15)24/h1-10,25H,11-12H2,(H,26,27). The molecule has 0 bridgehead atoms. The van der Waals surface area contributed by atoms with Crippen LogP contribution in [0.25, 0.3) is 0 Å². The van der Waals surface area contributed by atoms with Gasteiger partial charge >= 0.3 is 5.97 Å². The summed E-state index contributed by atoms with van der Waals surface area (Å²) in [6.07, 6.45) is 0. The number of halogens is 3. The first-order valence-electron chi connectivity index (χ1n) is 8.35. The molecule has 3 aromatic rings. The van der Waals surface area contributed by atoms with E-state index in [0.717, 1.165) is 21.3 Å². The number of rotatable bonds is 7. The van der Waals surface area contributed by atoms with Gasteiger partial charge in [-0.3, -0.25) is 0 Å². The Kier molecular flexibility index (Phi) is 6.83. The summed E-state index contributed by atoms with van der Waals surface area (Å²) >= 11 is 15.6. The van der Waals surface area contributed by atoms with E-state index in [-0.39, 0.29) is 5.56 Å². The van der Waals surface area contributed by atoms with Gasteiger partial charge in [-0.05, 0) is 64.0 Å². The molecule has 28 heavy (non-hydrogen) atoms. The summed E-state index contributed by atoms with van der Waals surface area (Å²) in [6.45, 7) is 0.874. The molecule has 0 saturated carbocycles. The van der Waals surface area contributed by atoms with Crippen LogP contribution in [-0.4, -0.2) is 11.1 Å². The number of nitrogens with one attached hydrogen (secondary N) is 1. The van der Waals surface area contributed by atoms with Gasteiger partial charge in [0.25, 0.3) is 0 Å². The molecule has 2 N–H and O–H groups in total. The lowest BCUT2D eigenvalue weighted by Gasteiger charge is -2.12. The van der Waals surface area contributed by atoms with Crippen LogP contribution in [0.3, 0.4) is 0 Å². The third-order valence-corrected chi connectivity index (χ3v) is 5.21. The number of anilines is 1. The topological polar surface area (TPSA) is 58.6 Å². The van der Waals surface area contributed by atoms with Gasteiger partial charge in [-0.1, -0.05) is 41.4 Å². The number of hydrogen-bond donors (Lipinski definition) is 2. The zero-order valence-electron chi connectivity index (χ0n) is 14.6. The fourth-order valence-electron chi connectivity index (χ4n) is 2.53. The molecule has 0 aliphatic rings. The Bertz CT molecular complexity index is 1010. The van der Waals surface area contributed by atoms with Crippen LogP contribution >= 0.6 is 39.1 Å². The molecule has 7 heteroatoms. The van der Waals surface area contributed by atoms with Crippen molar-refractivity contribution in [2.24, 2.45) is 0 Å². The van der Waals surface area contributed by atoms with Gasteiger partial charge < -0.3 is 15.2 Å². The minimum absolute atomic E-state index is 0.246. The summed E-state index contributed by atoms with van der Waals surface area (Å²) in [5, 5.41) is 13.4. The van der Waals surface area contributed by atoms with Gasteiger partial charge in [0.15, 0.2) is 0 Å². The van der Waals surface area contributed by atoms with Crippen molar-refractivity contribution >= 4 is 50.8 Å². The second kappa shape index (κ2) is 9.32. The molecule has 0 unspecified atom stereocenters. The van der Waals surface area contributed by atoms with Crippen molar-refractivity contribution in [1.29, 1.82) is 0 Å². The summed E-state index contributed by atoms with van der Waals surface area (Å²) < 4.78 is 6.66. The van der Waals surface area contributed by atoms with Crippen molar-refractivity contribution in [3.8, 4) is 5.75 Å². The van der Waals surface area contributed by atoms with E-state index in [1.165, 1.54) is 0 Å². The Labute approximate surface area is 181 Å². The second-order valence-electron chi connectivity index (χ2n) is 6.03. The highest BCUT2D eigenvalue weighted by Crippen LogP contribution is 2.29. The zero-order valence-corrected chi connectivity index (χ0v) is 17.7. The molecular weight excluding hydrogens is 465 g/mol. The van der Waals surface area contributed by atoms with Crippen LogP contribution in [0.2, 0.25) is 10.0 Å². The Balaban J connectivity index is 1.62. The molecule has 3 rings (SSSR count). The zero-order chi connectivity index (χ0) is 20.1. The molecule has 0 spiro atoms. The van der Waals surface area contributed by atoms with Crippen LogP contribution in [-0.2, 0) is 13.2 Å². The van der Waals surface area contributed by atoms with Gasteiger partial charge in [0, 0.05) is 27.8 Å². The van der Waals surface area contributed by atoms with Gasteiger partial charge in [-0.2, -0.15) is 0 Å². The van der Waals surface area contributed by atoms with Crippen LogP contribution in [0.5, 0.6) is 5.75 Å². The molecule has 0 radical (unpaired) electrons. The van der Waals surface area contributed by atoms with Gasteiger partial charge in [0.05, 0.1) is 10.0 Å². The molecule has 0 heterocycles.